The van der Waals surface area contributed by atoms with E-state index in [2.05, 4.69) is 0 Å². The summed E-state index contributed by atoms with van der Waals surface area (Å²) >= 11 is 0. The van der Waals surface area contributed by atoms with E-state index < -0.39 is 20.7 Å². The fourth-order valence-corrected chi connectivity index (χ4v) is 5.34. The molecule has 2 rings (SSSR count). The summed E-state index contributed by atoms with van der Waals surface area (Å²) < 4.78 is 52.9. The van der Waals surface area contributed by atoms with Crippen LogP contribution in [0.3, 0.4) is 0 Å². The number of hydrogen-bond acceptors (Lipinski definition) is 7. The van der Waals surface area contributed by atoms with E-state index in [9.17, 15) is 8.42 Å². The molecule has 0 aliphatic rings. The summed E-state index contributed by atoms with van der Waals surface area (Å²) in [6.07, 6.45) is 0.687. The minimum atomic E-state index is -3.61. The van der Waals surface area contributed by atoms with E-state index in [4.69, 9.17) is 22.0 Å². The molecule has 2 aromatic rings. The van der Waals surface area contributed by atoms with E-state index >= 15 is 0 Å². The van der Waals surface area contributed by atoms with E-state index in [1.54, 1.807) is 57.7 Å². The minimum absolute atomic E-state index is 0.0244. The summed E-state index contributed by atoms with van der Waals surface area (Å²) in [4.78, 5) is 0.416. The molecule has 0 aliphatic carbocycles. The number of sulfone groups is 1. The van der Waals surface area contributed by atoms with Crippen LogP contribution in [0, 0.1) is 0 Å². The van der Waals surface area contributed by atoms with Crippen LogP contribution >= 0.6 is 10.9 Å². The molecule has 0 bridgehead atoms. The van der Waals surface area contributed by atoms with Crippen molar-refractivity contribution >= 4 is 20.7 Å². The number of hydrogen-bond donors (Lipinski definition) is 0. The van der Waals surface area contributed by atoms with Crippen LogP contribution < -0.4 is 9.47 Å². The third-order valence-corrected chi connectivity index (χ3v) is 8.31. The molecule has 2 aromatic carbocycles. The Labute approximate surface area is 181 Å². The Kier molecular flexibility index (Phi) is 8.99. The molecule has 168 valence electrons. The highest BCUT2D eigenvalue weighted by Gasteiger charge is 2.22. The van der Waals surface area contributed by atoms with Crippen molar-refractivity contribution in [1.82, 2.24) is 0 Å². The normalized spacial score (nSPS) is 12.7. The third-order valence-electron chi connectivity index (χ3n) is 4.21. The summed E-state index contributed by atoms with van der Waals surface area (Å²) in [7, 11) is -0.966. The molecule has 30 heavy (non-hydrogen) atoms. The summed E-state index contributed by atoms with van der Waals surface area (Å²) in [6.45, 7) is 4.26. The highest BCUT2D eigenvalue weighted by molar-refractivity contribution is 8.21. The second-order valence-electron chi connectivity index (χ2n) is 6.58. The van der Waals surface area contributed by atoms with Crippen molar-refractivity contribution in [3.63, 3.8) is 0 Å². The molecule has 0 atom stereocenters. The van der Waals surface area contributed by atoms with Gasteiger partial charge in [-0.1, -0.05) is 0 Å². The Morgan fingerprint density at radius 1 is 0.767 bits per heavy atom. The predicted molar refractivity (Wildman–Crippen MR) is 118 cm³/mol. The van der Waals surface area contributed by atoms with Gasteiger partial charge in [-0.15, -0.1) is 0 Å². The first-order valence-corrected chi connectivity index (χ1v) is 12.5. The van der Waals surface area contributed by atoms with Crippen molar-refractivity contribution < 1.29 is 30.4 Å². The second-order valence-corrected chi connectivity index (χ2v) is 11.0. The van der Waals surface area contributed by atoms with Gasteiger partial charge in [0.1, 0.15) is 11.5 Å². The fraction of sp³-hybridized carbons (Fsp3) is 0.429. The van der Waals surface area contributed by atoms with Gasteiger partial charge in [-0.2, -0.15) is 0 Å². The molecule has 0 radical (unpaired) electrons. The lowest BCUT2D eigenvalue weighted by molar-refractivity contribution is 0.242. The maximum atomic E-state index is 12.8. The molecule has 0 fully saturated rings. The van der Waals surface area contributed by atoms with Crippen molar-refractivity contribution in [2.45, 2.75) is 36.2 Å². The Balaban J connectivity index is 1.97. The van der Waals surface area contributed by atoms with Gasteiger partial charge >= 0.3 is 0 Å². The lowest BCUT2D eigenvalue weighted by Crippen LogP contribution is -2.13. The quantitative estimate of drug-likeness (QED) is 0.431. The van der Waals surface area contributed by atoms with Crippen molar-refractivity contribution in [3.05, 3.63) is 48.5 Å². The molecule has 0 unspecified atom stereocenters. The smallest absolute Gasteiger partial charge is 0.206 e. The van der Waals surface area contributed by atoms with Crippen LogP contribution in [0.4, 0.5) is 0 Å². The van der Waals surface area contributed by atoms with Gasteiger partial charge in [0.2, 0.25) is 9.84 Å². The average Bonchev–Trinajstić information content (AvgIpc) is 2.75. The summed E-state index contributed by atoms with van der Waals surface area (Å²) in [5.41, 5.74) is 0. The number of benzene rings is 2. The molecule has 0 amide bonds. The topological polar surface area (TPSA) is 80.3 Å². The Hall–Kier alpha value is -1.78. The largest absolute Gasteiger partial charge is 0.494 e. The summed E-state index contributed by atoms with van der Waals surface area (Å²) in [6, 6.07) is 12.8. The van der Waals surface area contributed by atoms with Gasteiger partial charge in [0, 0.05) is 5.75 Å². The van der Waals surface area contributed by atoms with Crippen molar-refractivity contribution in [2.75, 3.05) is 33.7 Å². The first kappa shape index (κ1) is 24.5. The zero-order valence-electron chi connectivity index (χ0n) is 18.0. The first-order valence-electron chi connectivity index (χ1n) is 9.49. The second kappa shape index (κ2) is 11.0. The zero-order valence-corrected chi connectivity index (χ0v) is 19.6. The molecule has 0 saturated heterocycles. The molecule has 0 heterocycles. The molecular formula is C21H30O7S2. The molecular weight excluding hydrogens is 428 g/mol. The number of ether oxygens (including phenoxy) is 2. The van der Waals surface area contributed by atoms with Crippen LogP contribution in [0.25, 0.3) is 0 Å². The van der Waals surface area contributed by atoms with Crippen molar-refractivity contribution in [3.8, 4) is 11.5 Å². The van der Waals surface area contributed by atoms with Crippen molar-refractivity contribution in [2.24, 2.45) is 0 Å². The molecule has 0 saturated carbocycles. The van der Waals surface area contributed by atoms with Crippen LogP contribution in [0.2, 0.25) is 0 Å². The highest BCUT2D eigenvalue weighted by Crippen LogP contribution is 2.49. The van der Waals surface area contributed by atoms with E-state index in [1.807, 2.05) is 13.8 Å². The van der Waals surface area contributed by atoms with E-state index in [0.29, 0.717) is 30.3 Å². The van der Waals surface area contributed by atoms with E-state index in [0.717, 1.165) is 0 Å². The summed E-state index contributed by atoms with van der Waals surface area (Å²) in [5.74, 6) is 1.79. The maximum Gasteiger partial charge on any atom is 0.206 e. The highest BCUT2D eigenvalue weighted by atomic mass is 32.3. The number of rotatable bonds is 12. The van der Waals surface area contributed by atoms with Gasteiger partial charge in [-0.25, -0.2) is 8.42 Å². The summed E-state index contributed by atoms with van der Waals surface area (Å²) in [5, 5.41) is 0. The van der Waals surface area contributed by atoms with Crippen molar-refractivity contribution in [1.29, 1.82) is 0 Å². The Morgan fingerprint density at radius 2 is 1.23 bits per heavy atom. The van der Waals surface area contributed by atoms with Gasteiger partial charge in [0.25, 0.3) is 0 Å². The monoisotopic (exact) mass is 458 g/mol. The molecule has 9 heteroatoms. The lowest BCUT2D eigenvalue weighted by atomic mass is 10.3. The first-order chi connectivity index (χ1) is 14.3. The standard InChI is InChI=1S/C21H30O7S2/c1-17(2)28-19-9-13-21(14-10-19)30(22,23)20-11-7-18(8-12-20)27-15-6-16-29(24-3,25-4)26-5/h7-14,17H,6,15-16H2,1-5H3. The third kappa shape index (κ3) is 6.36. The van der Waals surface area contributed by atoms with Gasteiger partial charge in [-0.3, -0.25) is 12.5 Å². The van der Waals surface area contributed by atoms with Crippen LogP contribution in [0.15, 0.2) is 58.3 Å². The van der Waals surface area contributed by atoms with E-state index in [1.165, 1.54) is 12.1 Å². The van der Waals surface area contributed by atoms with E-state index in [-0.39, 0.29) is 15.9 Å². The molecule has 0 aliphatic heterocycles. The van der Waals surface area contributed by atoms with Gasteiger partial charge in [0.15, 0.2) is 0 Å². The van der Waals surface area contributed by atoms with Gasteiger partial charge < -0.3 is 9.47 Å². The fourth-order valence-electron chi connectivity index (χ4n) is 2.70. The van der Waals surface area contributed by atoms with Gasteiger partial charge in [-0.05, 0) is 68.8 Å². The average molecular weight is 459 g/mol. The molecule has 0 N–H and O–H groups in total. The van der Waals surface area contributed by atoms with Crippen LogP contribution in [0.5, 0.6) is 11.5 Å². The predicted octanol–water partition coefficient (Wildman–Crippen LogP) is 4.56. The van der Waals surface area contributed by atoms with Crippen LogP contribution in [-0.4, -0.2) is 48.2 Å². The van der Waals surface area contributed by atoms with Gasteiger partial charge in [0.05, 0.1) is 54.7 Å². The van der Waals surface area contributed by atoms with Crippen LogP contribution in [-0.2, 0) is 22.4 Å². The zero-order chi connectivity index (χ0) is 22.2. The molecule has 0 spiro atoms. The maximum absolute atomic E-state index is 12.8. The Bertz CT molecular complexity index is 866. The lowest BCUT2D eigenvalue weighted by Gasteiger charge is -2.33. The minimum Gasteiger partial charge on any atom is -0.494 e. The molecule has 0 aromatic heterocycles. The molecule has 7 nitrogen and oxygen atoms in total. The Morgan fingerprint density at radius 3 is 1.67 bits per heavy atom. The van der Waals surface area contributed by atoms with Crippen LogP contribution in [0.1, 0.15) is 20.3 Å². The SMILES string of the molecule is COS(CCCOc1ccc(S(=O)(=O)c2ccc(OC(C)C)cc2)cc1)(OC)OC.